The lowest BCUT2D eigenvalue weighted by molar-refractivity contribution is 0.247. The summed E-state index contributed by atoms with van der Waals surface area (Å²) >= 11 is 0. The first-order chi connectivity index (χ1) is 12.7. The van der Waals surface area contributed by atoms with Gasteiger partial charge in [0.05, 0.1) is 33.1 Å². The van der Waals surface area contributed by atoms with E-state index in [9.17, 15) is 4.79 Å². The minimum Gasteiger partial charge on any atom is -0.497 e. The predicted molar refractivity (Wildman–Crippen MR) is 99.7 cm³/mol. The highest BCUT2D eigenvalue weighted by Gasteiger charge is 2.08. The van der Waals surface area contributed by atoms with Gasteiger partial charge in [0.1, 0.15) is 29.6 Å². The Balaban J connectivity index is 1.80. The highest BCUT2D eigenvalue weighted by Crippen LogP contribution is 2.28. The molecule has 0 unspecified atom stereocenters. The van der Waals surface area contributed by atoms with Crippen molar-refractivity contribution in [2.24, 2.45) is 0 Å². The minimum atomic E-state index is -0.358. The molecule has 0 fully saturated rings. The summed E-state index contributed by atoms with van der Waals surface area (Å²) in [6.45, 7) is 3.20. The lowest BCUT2D eigenvalue weighted by Gasteiger charge is -2.13. The molecule has 2 N–H and O–H groups in total. The Labute approximate surface area is 153 Å². The Morgan fingerprint density at radius 1 is 0.962 bits per heavy atom. The zero-order chi connectivity index (χ0) is 18.8. The average Bonchev–Trinajstić information content (AvgIpc) is 2.66. The zero-order valence-electron chi connectivity index (χ0n) is 15.2. The Morgan fingerprint density at radius 2 is 1.73 bits per heavy atom. The number of carbonyl (C=O) groups excluding carboxylic acids is 1. The van der Waals surface area contributed by atoms with Crippen molar-refractivity contribution in [3.63, 3.8) is 0 Å². The van der Waals surface area contributed by atoms with Crippen LogP contribution in [0.25, 0.3) is 0 Å². The summed E-state index contributed by atoms with van der Waals surface area (Å²) < 4.78 is 21.4. The predicted octanol–water partition coefficient (Wildman–Crippen LogP) is 3.30. The van der Waals surface area contributed by atoms with Gasteiger partial charge in [-0.2, -0.15) is 0 Å². The van der Waals surface area contributed by atoms with Crippen molar-refractivity contribution in [2.45, 2.75) is 6.92 Å². The molecule has 0 spiro atoms. The molecule has 2 amide bonds. The van der Waals surface area contributed by atoms with Crippen molar-refractivity contribution in [3.05, 3.63) is 42.5 Å². The summed E-state index contributed by atoms with van der Waals surface area (Å²) in [7, 11) is 3.10. The van der Waals surface area contributed by atoms with Crippen LogP contribution in [-0.4, -0.2) is 40.0 Å². The summed E-state index contributed by atoms with van der Waals surface area (Å²) in [4.78, 5) is 12.0. The van der Waals surface area contributed by atoms with Gasteiger partial charge >= 0.3 is 6.03 Å². The van der Waals surface area contributed by atoms with Gasteiger partial charge in [0.25, 0.3) is 0 Å². The Morgan fingerprint density at radius 3 is 2.42 bits per heavy atom. The number of nitrogens with one attached hydrogen (secondary N) is 2. The highest BCUT2D eigenvalue weighted by atomic mass is 16.5. The Bertz CT molecular complexity index is 721. The molecule has 140 valence electrons. The number of rotatable bonds is 9. The van der Waals surface area contributed by atoms with Crippen molar-refractivity contribution in [2.75, 3.05) is 39.3 Å². The number of methoxy groups -OCH3 is 2. The number of anilines is 1. The normalized spacial score (nSPS) is 9.96. The standard InChI is InChI=1S/C19H24N2O5/c1-4-25-15-6-5-7-16(12-15)26-11-10-20-19(22)21-17-13-14(23-2)8-9-18(17)24-3/h5-9,12-13H,4,10-11H2,1-3H3,(H2,20,21,22). The number of carbonyl (C=O) groups is 1. The van der Waals surface area contributed by atoms with Gasteiger partial charge in [0.2, 0.25) is 0 Å². The van der Waals surface area contributed by atoms with E-state index >= 15 is 0 Å². The Hall–Kier alpha value is -3.09. The van der Waals surface area contributed by atoms with Gasteiger partial charge in [-0.1, -0.05) is 6.07 Å². The summed E-state index contributed by atoms with van der Waals surface area (Å²) in [5.41, 5.74) is 0.523. The summed E-state index contributed by atoms with van der Waals surface area (Å²) in [5.74, 6) is 2.61. The summed E-state index contributed by atoms with van der Waals surface area (Å²) in [6, 6.07) is 12.2. The van der Waals surface area contributed by atoms with E-state index in [0.29, 0.717) is 42.7 Å². The van der Waals surface area contributed by atoms with E-state index < -0.39 is 0 Å². The lowest BCUT2D eigenvalue weighted by Crippen LogP contribution is -2.32. The first kappa shape index (κ1) is 19.2. The SMILES string of the molecule is CCOc1cccc(OCCNC(=O)Nc2cc(OC)ccc2OC)c1. The molecule has 0 aliphatic carbocycles. The summed E-state index contributed by atoms with van der Waals surface area (Å²) in [5, 5.41) is 5.46. The molecule has 2 aromatic carbocycles. The fourth-order valence-electron chi connectivity index (χ4n) is 2.23. The third-order valence-corrected chi connectivity index (χ3v) is 3.43. The molecule has 2 rings (SSSR count). The van der Waals surface area contributed by atoms with Gasteiger partial charge in [0, 0.05) is 12.1 Å². The molecule has 0 aliphatic rings. The van der Waals surface area contributed by atoms with E-state index in [1.165, 1.54) is 7.11 Å². The van der Waals surface area contributed by atoms with Crippen LogP contribution in [0, 0.1) is 0 Å². The van der Waals surface area contributed by atoms with Crippen LogP contribution in [0.15, 0.2) is 42.5 Å². The fourth-order valence-corrected chi connectivity index (χ4v) is 2.23. The second kappa shape index (κ2) is 10.0. The minimum absolute atomic E-state index is 0.332. The molecule has 0 saturated heterocycles. The van der Waals surface area contributed by atoms with Crippen molar-refractivity contribution in [3.8, 4) is 23.0 Å². The molecule has 0 aliphatic heterocycles. The van der Waals surface area contributed by atoms with Crippen LogP contribution < -0.4 is 29.6 Å². The van der Waals surface area contributed by atoms with Crippen molar-refractivity contribution in [1.82, 2.24) is 5.32 Å². The van der Waals surface area contributed by atoms with E-state index in [1.807, 2.05) is 31.2 Å². The third kappa shape index (κ3) is 5.77. The molecule has 0 radical (unpaired) electrons. The first-order valence-corrected chi connectivity index (χ1v) is 8.28. The number of hydrogen-bond acceptors (Lipinski definition) is 5. The molecule has 0 atom stereocenters. The molecule has 7 heteroatoms. The number of benzene rings is 2. The van der Waals surface area contributed by atoms with E-state index in [-0.39, 0.29) is 6.03 Å². The topological polar surface area (TPSA) is 78.1 Å². The zero-order valence-corrected chi connectivity index (χ0v) is 15.2. The Kier molecular flexibility index (Phi) is 7.42. The maximum Gasteiger partial charge on any atom is 0.319 e. The fraction of sp³-hybridized carbons (Fsp3) is 0.316. The summed E-state index contributed by atoms with van der Waals surface area (Å²) in [6.07, 6.45) is 0. The van der Waals surface area contributed by atoms with E-state index in [1.54, 1.807) is 25.3 Å². The molecule has 7 nitrogen and oxygen atoms in total. The highest BCUT2D eigenvalue weighted by molar-refractivity contribution is 5.91. The molecule has 0 aromatic heterocycles. The molecular formula is C19H24N2O5. The molecule has 0 saturated carbocycles. The van der Waals surface area contributed by atoms with Crippen LogP contribution in [0.2, 0.25) is 0 Å². The number of ether oxygens (including phenoxy) is 4. The largest absolute Gasteiger partial charge is 0.497 e. The number of hydrogen-bond donors (Lipinski definition) is 2. The van der Waals surface area contributed by atoms with Gasteiger partial charge < -0.3 is 29.6 Å². The van der Waals surface area contributed by atoms with Crippen LogP contribution in [0.3, 0.4) is 0 Å². The average molecular weight is 360 g/mol. The molecule has 26 heavy (non-hydrogen) atoms. The third-order valence-electron chi connectivity index (χ3n) is 3.43. The van der Waals surface area contributed by atoms with Crippen molar-refractivity contribution in [1.29, 1.82) is 0 Å². The van der Waals surface area contributed by atoms with Gasteiger partial charge in [-0.3, -0.25) is 0 Å². The molecule has 2 aromatic rings. The molecule has 0 heterocycles. The van der Waals surface area contributed by atoms with E-state index in [4.69, 9.17) is 18.9 Å². The smallest absolute Gasteiger partial charge is 0.319 e. The molecule has 0 bridgehead atoms. The lowest BCUT2D eigenvalue weighted by atomic mass is 10.2. The maximum atomic E-state index is 12.0. The first-order valence-electron chi connectivity index (χ1n) is 8.28. The number of amides is 2. The maximum absolute atomic E-state index is 12.0. The van der Waals surface area contributed by atoms with Gasteiger partial charge in [-0.25, -0.2) is 4.79 Å². The van der Waals surface area contributed by atoms with Crippen molar-refractivity contribution < 1.29 is 23.7 Å². The van der Waals surface area contributed by atoms with Crippen LogP contribution >= 0.6 is 0 Å². The van der Waals surface area contributed by atoms with Crippen LogP contribution in [0.5, 0.6) is 23.0 Å². The molecular weight excluding hydrogens is 336 g/mol. The van der Waals surface area contributed by atoms with Crippen molar-refractivity contribution >= 4 is 11.7 Å². The van der Waals surface area contributed by atoms with Crippen LogP contribution in [-0.2, 0) is 0 Å². The quantitative estimate of drug-likeness (QED) is 0.671. The van der Waals surface area contributed by atoms with Gasteiger partial charge in [-0.15, -0.1) is 0 Å². The second-order valence-electron chi connectivity index (χ2n) is 5.20. The number of urea groups is 1. The van der Waals surface area contributed by atoms with E-state index in [0.717, 1.165) is 5.75 Å². The second-order valence-corrected chi connectivity index (χ2v) is 5.20. The van der Waals surface area contributed by atoms with Crippen LogP contribution in [0.1, 0.15) is 6.92 Å². The van der Waals surface area contributed by atoms with E-state index in [2.05, 4.69) is 10.6 Å². The van der Waals surface area contributed by atoms with Gasteiger partial charge in [0.15, 0.2) is 0 Å². The van der Waals surface area contributed by atoms with Gasteiger partial charge in [-0.05, 0) is 31.2 Å². The van der Waals surface area contributed by atoms with Crippen LogP contribution in [0.4, 0.5) is 10.5 Å². The monoisotopic (exact) mass is 360 g/mol.